The highest BCUT2D eigenvalue weighted by Gasteiger charge is 2.25. The lowest BCUT2D eigenvalue weighted by molar-refractivity contribution is 0.525. The largest absolute Gasteiger partial charge is 0.422 e. The van der Waals surface area contributed by atoms with E-state index in [1.165, 1.54) is 23.8 Å². The van der Waals surface area contributed by atoms with Crippen molar-refractivity contribution < 1.29 is 8.81 Å². The van der Waals surface area contributed by atoms with Gasteiger partial charge in [0.05, 0.1) is 0 Å². The summed E-state index contributed by atoms with van der Waals surface area (Å²) in [7, 11) is 0. The molecule has 0 fully saturated rings. The number of halogens is 1. The summed E-state index contributed by atoms with van der Waals surface area (Å²) in [6.07, 6.45) is 0. The van der Waals surface area contributed by atoms with Crippen molar-refractivity contribution in [3.63, 3.8) is 0 Å². The summed E-state index contributed by atoms with van der Waals surface area (Å²) in [5.74, 6) is -0.299. The van der Waals surface area contributed by atoms with Gasteiger partial charge in [-0.25, -0.2) is 9.18 Å². The Kier molecular flexibility index (Phi) is 4.30. The number of rotatable bonds is 1. The second-order valence-corrected chi connectivity index (χ2v) is 8.89. The molecule has 0 unspecified atom stereocenters. The molecule has 0 aliphatic heterocycles. The second kappa shape index (κ2) is 6.08. The Morgan fingerprint density at radius 2 is 1.46 bits per heavy atom. The van der Waals surface area contributed by atoms with E-state index < -0.39 is 5.63 Å². The minimum atomic E-state index is -0.397. The molecule has 3 rings (SSSR count). The van der Waals surface area contributed by atoms with Crippen molar-refractivity contribution in [2.75, 3.05) is 0 Å². The summed E-state index contributed by atoms with van der Waals surface area (Å²) in [4.78, 5) is 12.3. The Labute approximate surface area is 153 Å². The molecule has 3 aromatic rings. The van der Waals surface area contributed by atoms with Crippen LogP contribution in [0.3, 0.4) is 0 Å². The predicted octanol–water partition coefficient (Wildman–Crippen LogP) is 6.19. The van der Waals surface area contributed by atoms with Gasteiger partial charge in [0.1, 0.15) is 11.4 Å². The summed E-state index contributed by atoms with van der Waals surface area (Å²) < 4.78 is 19.0. The molecule has 136 valence electrons. The summed E-state index contributed by atoms with van der Waals surface area (Å²) in [6, 6.07) is 11.9. The van der Waals surface area contributed by atoms with Gasteiger partial charge in [0.15, 0.2) is 0 Å². The van der Waals surface area contributed by atoms with Crippen LogP contribution in [-0.2, 0) is 10.8 Å². The highest BCUT2D eigenvalue weighted by Crippen LogP contribution is 2.38. The maximum absolute atomic E-state index is 13.4. The predicted molar refractivity (Wildman–Crippen MR) is 105 cm³/mol. The van der Waals surface area contributed by atoms with Crippen molar-refractivity contribution in [3.8, 4) is 11.1 Å². The van der Waals surface area contributed by atoms with Gasteiger partial charge in [0, 0.05) is 17.0 Å². The van der Waals surface area contributed by atoms with Gasteiger partial charge in [-0.3, -0.25) is 0 Å². The van der Waals surface area contributed by atoms with Gasteiger partial charge in [-0.1, -0.05) is 59.7 Å². The first kappa shape index (κ1) is 18.4. The standard InChI is InChI=1S/C23H25FO2/c1-22(2,3)15-11-18-17(14-7-9-16(24)10-8-14)13-20(25)26-21(18)19(12-15)23(4,5)6/h7-13H,1-6H3. The molecule has 0 N–H and O–H groups in total. The summed E-state index contributed by atoms with van der Waals surface area (Å²) >= 11 is 0. The van der Waals surface area contributed by atoms with Crippen LogP contribution < -0.4 is 5.63 Å². The van der Waals surface area contributed by atoms with Crippen LogP contribution in [0.1, 0.15) is 52.7 Å². The number of benzene rings is 2. The lowest BCUT2D eigenvalue weighted by Crippen LogP contribution is -2.17. The molecule has 0 radical (unpaired) electrons. The second-order valence-electron chi connectivity index (χ2n) is 8.89. The normalized spacial score (nSPS) is 12.6. The van der Waals surface area contributed by atoms with Crippen LogP contribution in [-0.4, -0.2) is 0 Å². The lowest BCUT2D eigenvalue weighted by Gasteiger charge is -2.26. The number of fused-ring (bicyclic) bond motifs is 1. The van der Waals surface area contributed by atoms with Crippen molar-refractivity contribution in [3.05, 3.63) is 69.8 Å². The van der Waals surface area contributed by atoms with Crippen molar-refractivity contribution >= 4 is 11.0 Å². The monoisotopic (exact) mass is 352 g/mol. The third-order valence-electron chi connectivity index (χ3n) is 4.67. The van der Waals surface area contributed by atoms with Crippen molar-refractivity contribution in [1.29, 1.82) is 0 Å². The van der Waals surface area contributed by atoms with Crippen LogP contribution in [0.5, 0.6) is 0 Å². The molecule has 2 aromatic carbocycles. The van der Waals surface area contributed by atoms with E-state index in [1.54, 1.807) is 12.1 Å². The third-order valence-corrected chi connectivity index (χ3v) is 4.67. The maximum atomic E-state index is 13.4. The van der Waals surface area contributed by atoms with Crippen LogP contribution in [0, 0.1) is 5.82 Å². The van der Waals surface area contributed by atoms with Gasteiger partial charge < -0.3 is 4.42 Å². The lowest BCUT2D eigenvalue weighted by atomic mass is 9.79. The van der Waals surface area contributed by atoms with E-state index in [9.17, 15) is 9.18 Å². The first-order valence-electron chi connectivity index (χ1n) is 8.85. The fraction of sp³-hybridized carbons (Fsp3) is 0.348. The van der Waals surface area contributed by atoms with Gasteiger partial charge in [-0.2, -0.15) is 0 Å². The molecule has 0 saturated carbocycles. The number of hydrogen-bond donors (Lipinski definition) is 0. The molecule has 2 nitrogen and oxygen atoms in total. The zero-order valence-electron chi connectivity index (χ0n) is 16.2. The molecule has 0 aliphatic rings. The average molecular weight is 352 g/mol. The van der Waals surface area contributed by atoms with E-state index in [2.05, 4.69) is 53.7 Å². The van der Waals surface area contributed by atoms with Gasteiger partial charge in [0.25, 0.3) is 0 Å². The molecule has 0 spiro atoms. The average Bonchev–Trinajstić information content (AvgIpc) is 2.52. The molecule has 3 heteroatoms. The zero-order chi connectivity index (χ0) is 19.3. The maximum Gasteiger partial charge on any atom is 0.336 e. The Morgan fingerprint density at radius 1 is 0.846 bits per heavy atom. The molecule has 0 aliphatic carbocycles. The summed E-state index contributed by atoms with van der Waals surface area (Å²) in [5.41, 5.74) is 3.72. The molecular formula is C23H25FO2. The minimum Gasteiger partial charge on any atom is -0.422 e. The Hall–Kier alpha value is -2.42. The van der Waals surface area contributed by atoms with E-state index in [1.807, 2.05) is 0 Å². The van der Waals surface area contributed by atoms with E-state index in [4.69, 9.17) is 4.42 Å². The van der Waals surface area contributed by atoms with Crippen LogP contribution in [0.15, 0.2) is 51.7 Å². The van der Waals surface area contributed by atoms with Crippen LogP contribution in [0.2, 0.25) is 0 Å². The van der Waals surface area contributed by atoms with Gasteiger partial charge >= 0.3 is 5.63 Å². The topological polar surface area (TPSA) is 30.2 Å². The molecule has 0 bridgehead atoms. The Balaban J connectivity index is 2.46. The van der Waals surface area contributed by atoms with E-state index in [0.717, 1.165) is 22.1 Å². The smallest absolute Gasteiger partial charge is 0.336 e. The SMILES string of the molecule is CC(C)(C)c1cc(C(C)(C)C)c2oc(=O)cc(-c3ccc(F)cc3)c2c1. The molecule has 26 heavy (non-hydrogen) atoms. The van der Waals surface area contributed by atoms with Crippen LogP contribution >= 0.6 is 0 Å². The molecule has 0 saturated heterocycles. The molecular weight excluding hydrogens is 327 g/mol. The summed E-state index contributed by atoms with van der Waals surface area (Å²) in [6.45, 7) is 12.8. The molecule has 0 amide bonds. The van der Waals surface area contributed by atoms with Crippen molar-refractivity contribution in [1.82, 2.24) is 0 Å². The molecule has 1 aromatic heterocycles. The van der Waals surface area contributed by atoms with E-state index >= 15 is 0 Å². The Bertz CT molecular complexity index is 1010. The fourth-order valence-corrected chi connectivity index (χ4v) is 3.12. The quantitative estimate of drug-likeness (QED) is 0.489. The van der Waals surface area contributed by atoms with Gasteiger partial charge in [0.2, 0.25) is 0 Å². The Morgan fingerprint density at radius 3 is 2.00 bits per heavy atom. The molecule has 0 atom stereocenters. The van der Waals surface area contributed by atoms with Crippen LogP contribution in [0.4, 0.5) is 4.39 Å². The minimum absolute atomic E-state index is 0.0512. The highest BCUT2D eigenvalue weighted by molar-refractivity contribution is 5.95. The zero-order valence-corrected chi connectivity index (χ0v) is 16.2. The van der Waals surface area contributed by atoms with Crippen LogP contribution in [0.25, 0.3) is 22.1 Å². The molecule has 1 heterocycles. The first-order valence-corrected chi connectivity index (χ1v) is 8.85. The number of hydrogen-bond acceptors (Lipinski definition) is 2. The van der Waals surface area contributed by atoms with Gasteiger partial charge in [-0.05, 0) is 45.7 Å². The summed E-state index contributed by atoms with van der Waals surface area (Å²) in [5, 5.41) is 0.883. The first-order chi connectivity index (χ1) is 12.0. The van der Waals surface area contributed by atoms with Gasteiger partial charge in [-0.15, -0.1) is 0 Å². The fourth-order valence-electron chi connectivity index (χ4n) is 3.12. The van der Waals surface area contributed by atoms with Crippen molar-refractivity contribution in [2.45, 2.75) is 52.4 Å². The highest BCUT2D eigenvalue weighted by atomic mass is 19.1. The van der Waals surface area contributed by atoms with E-state index in [-0.39, 0.29) is 16.6 Å². The van der Waals surface area contributed by atoms with Crippen molar-refractivity contribution in [2.24, 2.45) is 0 Å². The van der Waals surface area contributed by atoms with E-state index in [0.29, 0.717) is 5.58 Å². The third kappa shape index (κ3) is 3.44.